The van der Waals surface area contributed by atoms with Crippen molar-refractivity contribution in [2.75, 3.05) is 5.32 Å². The molecule has 3 heteroatoms. The molecule has 1 fully saturated rings. The maximum atomic E-state index is 13.3. The van der Waals surface area contributed by atoms with E-state index in [0.717, 1.165) is 12.1 Å². The molecule has 1 aliphatic carbocycles. The van der Waals surface area contributed by atoms with Crippen molar-refractivity contribution in [2.24, 2.45) is 5.41 Å². The van der Waals surface area contributed by atoms with Crippen LogP contribution in [0.5, 0.6) is 0 Å². The summed E-state index contributed by atoms with van der Waals surface area (Å²) >= 11 is 3.16. The van der Waals surface area contributed by atoms with Gasteiger partial charge in [0, 0.05) is 11.7 Å². The molecule has 1 aromatic carbocycles. The van der Waals surface area contributed by atoms with E-state index in [4.69, 9.17) is 0 Å². The topological polar surface area (TPSA) is 12.0 Å². The fourth-order valence-electron chi connectivity index (χ4n) is 2.38. The van der Waals surface area contributed by atoms with E-state index in [1.54, 1.807) is 12.1 Å². The fourth-order valence-corrected chi connectivity index (χ4v) is 2.63. The zero-order valence-electron chi connectivity index (χ0n) is 9.69. The first-order valence-electron chi connectivity index (χ1n) is 5.68. The van der Waals surface area contributed by atoms with Crippen LogP contribution >= 0.6 is 15.9 Å². The van der Waals surface area contributed by atoms with Gasteiger partial charge in [0.15, 0.2) is 0 Å². The Bertz CT molecular complexity index is 390. The number of benzene rings is 1. The molecule has 1 aliphatic rings. The molecule has 1 atom stereocenters. The van der Waals surface area contributed by atoms with Gasteiger partial charge in [-0.3, -0.25) is 0 Å². The van der Waals surface area contributed by atoms with Gasteiger partial charge in [-0.05, 0) is 58.8 Å². The molecule has 0 spiro atoms. The highest BCUT2D eigenvalue weighted by atomic mass is 79.9. The minimum absolute atomic E-state index is 0.206. The lowest BCUT2D eigenvalue weighted by molar-refractivity contribution is 0.378. The Morgan fingerprint density at radius 2 is 2.19 bits per heavy atom. The smallest absolute Gasteiger partial charge is 0.139 e. The summed E-state index contributed by atoms with van der Waals surface area (Å²) in [6.07, 6.45) is 3.57. The van der Waals surface area contributed by atoms with Crippen LogP contribution in [0.25, 0.3) is 0 Å². The molecule has 1 unspecified atom stereocenters. The fraction of sp³-hybridized carbons (Fsp3) is 0.538. The van der Waals surface area contributed by atoms with E-state index in [0.29, 0.717) is 15.9 Å². The Kier molecular flexibility index (Phi) is 3.24. The SMILES string of the molecule is CC1(C)CCC(Nc2ccc(Br)c(F)c2)C1. The molecule has 88 valence electrons. The van der Waals surface area contributed by atoms with Crippen LogP contribution < -0.4 is 5.32 Å². The van der Waals surface area contributed by atoms with Gasteiger partial charge in [-0.25, -0.2) is 4.39 Å². The molecule has 0 amide bonds. The maximum absolute atomic E-state index is 13.3. The van der Waals surface area contributed by atoms with Crippen molar-refractivity contribution in [3.63, 3.8) is 0 Å². The lowest BCUT2D eigenvalue weighted by Crippen LogP contribution is -2.17. The molecule has 0 radical (unpaired) electrons. The number of rotatable bonds is 2. The van der Waals surface area contributed by atoms with E-state index < -0.39 is 0 Å². The number of hydrogen-bond acceptors (Lipinski definition) is 1. The second kappa shape index (κ2) is 4.36. The molecule has 0 bridgehead atoms. The molecule has 0 aliphatic heterocycles. The average Bonchev–Trinajstić information content (AvgIpc) is 2.52. The van der Waals surface area contributed by atoms with E-state index in [2.05, 4.69) is 35.1 Å². The number of anilines is 1. The van der Waals surface area contributed by atoms with Crippen LogP contribution in [0.4, 0.5) is 10.1 Å². The predicted molar refractivity (Wildman–Crippen MR) is 69.1 cm³/mol. The van der Waals surface area contributed by atoms with Crippen molar-refractivity contribution in [1.29, 1.82) is 0 Å². The first kappa shape index (κ1) is 11.9. The molecule has 1 N–H and O–H groups in total. The highest BCUT2D eigenvalue weighted by Crippen LogP contribution is 2.38. The van der Waals surface area contributed by atoms with Crippen LogP contribution in [0, 0.1) is 11.2 Å². The van der Waals surface area contributed by atoms with Gasteiger partial charge in [0.25, 0.3) is 0 Å². The minimum atomic E-state index is -0.206. The van der Waals surface area contributed by atoms with E-state index in [9.17, 15) is 4.39 Å². The van der Waals surface area contributed by atoms with E-state index in [1.165, 1.54) is 12.8 Å². The van der Waals surface area contributed by atoms with Gasteiger partial charge < -0.3 is 5.32 Å². The summed E-state index contributed by atoms with van der Waals surface area (Å²) in [7, 11) is 0. The molecule has 16 heavy (non-hydrogen) atoms. The Morgan fingerprint density at radius 1 is 1.44 bits per heavy atom. The van der Waals surface area contributed by atoms with E-state index in [1.807, 2.05) is 6.07 Å². The summed E-state index contributed by atoms with van der Waals surface area (Å²) in [5.74, 6) is -0.206. The van der Waals surface area contributed by atoms with Crippen molar-refractivity contribution >= 4 is 21.6 Å². The lowest BCUT2D eigenvalue weighted by atomic mass is 9.92. The Hall–Kier alpha value is -0.570. The van der Waals surface area contributed by atoms with Gasteiger partial charge in [-0.1, -0.05) is 13.8 Å². The van der Waals surface area contributed by atoms with Crippen LogP contribution in [0.2, 0.25) is 0 Å². The number of halogens is 2. The van der Waals surface area contributed by atoms with Crippen LogP contribution in [0.15, 0.2) is 22.7 Å². The van der Waals surface area contributed by atoms with Crippen molar-refractivity contribution < 1.29 is 4.39 Å². The quantitative estimate of drug-likeness (QED) is 0.839. The Morgan fingerprint density at radius 3 is 2.75 bits per heavy atom. The highest BCUT2D eigenvalue weighted by Gasteiger charge is 2.30. The lowest BCUT2D eigenvalue weighted by Gasteiger charge is -2.18. The minimum Gasteiger partial charge on any atom is -0.382 e. The second-order valence-electron chi connectivity index (χ2n) is 5.38. The van der Waals surface area contributed by atoms with Gasteiger partial charge in [-0.2, -0.15) is 0 Å². The summed E-state index contributed by atoms with van der Waals surface area (Å²) in [5.41, 5.74) is 1.30. The third-order valence-corrected chi connectivity index (χ3v) is 3.90. The van der Waals surface area contributed by atoms with Crippen molar-refractivity contribution in [2.45, 2.75) is 39.2 Å². The third-order valence-electron chi connectivity index (χ3n) is 3.26. The maximum Gasteiger partial charge on any atom is 0.139 e. The van der Waals surface area contributed by atoms with Gasteiger partial charge in [0.1, 0.15) is 5.82 Å². The molecule has 1 nitrogen and oxygen atoms in total. The van der Waals surface area contributed by atoms with Gasteiger partial charge >= 0.3 is 0 Å². The highest BCUT2D eigenvalue weighted by molar-refractivity contribution is 9.10. The second-order valence-corrected chi connectivity index (χ2v) is 6.23. The van der Waals surface area contributed by atoms with Crippen LogP contribution in [-0.4, -0.2) is 6.04 Å². The zero-order chi connectivity index (χ0) is 11.8. The van der Waals surface area contributed by atoms with E-state index >= 15 is 0 Å². The Balaban J connectivity index is 2.02. The predicted octanol–water partition coefficient (Wildman–Crippen LogP) is 4.58. The monoisotopic (exact) mass is 285 g/mol. The van der Waals surface area contributed by atoms with Gasteiger partial charge in [-0.15, -0.1) is 0 Å². The molecular weight excluding hydrogens is 269 g/mol. The first-order valence-corrected chi connectivity index (χ1v) is 6.47. The molecule has 2 rings (SSSR count). The normalized spacial score (nSPS) is 23.4. The largest absolute Gasteiger partial charge is 0.382 e. The van der Waals surface area contributed by atoms with Crippen molar-refractivity contribution in [3.05, 3.63) is 28.5 Å². The molecule has 1 aromatic rings. The summed E-state index contributed by atoms with van der Waals surface area (Å²) in [5, 5.41) is 3.40. The van der Waals surface area contributed by atoms with Crippen LogP contribution in [0.1, 0.15) is 33.1 Å². The summed E-state index contributed by atoms with van der Waals surface area (Å²) < 4.78 is 13.8. The average molecular weight is 286 g/mol. The van der Waals surface area contributed by atoms with Gasteiger partial charge in [0.05, 0.1) is 4.47 Å². The van der Waals surface area contributed by atoms with Crippen LogP contribution in [0.3, 0.4) is 0 Å². The standard InChI is InChI=1S/C13H17BrFN/c1-13(2)6-5-10(8-13)16-9-3-4-11(14)12(15)7-9/h3-4,7,10,16H,5-6,8H2,1-2H3. The molecule has 0 aromatic heterocycles. The van der Waals surface area contributed by atoms with E-state index in [-0.39, 0.29) is 5.82 Å². The zero-order valence-corrected chi connectivity index (χ0v) is 11.3. The molecule has 0 heterocycles. The number of nitrogens with one attached hydrogen (secondary N) is 1. The van der Waals surface area contributed by atoms with Crippen LogP contribution in [-0.2, 0) is 0 Å². The molecule has 1 saturated carbocycles. The molecular formula is C13H17BrFN. The number of hydrogen-bond donors (Lipinski definition) is 1. The van der Waals surface area contributed by atoms with Crippen molar-refractivity contribution in [3.8, 4) is 0 Å². The first-order chi connectivity index (χ1) is 7.46. The molecule has 0 saturated heterocycles. The third kappa shape index (κ3) is 2.76. The summed E-state index contributed by atoms with van der Waals surface area (Å²) in [6.45, 7) is 4.58. The van der Waals surface area contributed by atoms with Crippen molar-refractivity contribution in [1.82, 2.24) is 0 Å². The van der Waals surface area contributed by atoms with Gasteiger partial charge in [0.2, 0.25) is 0 Å². The summed E-state index contributed by atoms with van der Waals surface area (Å²) in [4.78, 5) is 0. The Labute approximate surface area is 105 Å². The summed E-state index contributed by atoms with van der Waals surface area (Å²) in [6, 6.07) is 5.70.